The van der Waals surface area contributed by atoms with E-state index in [-0.39, 0.29) is 13.0 Å². The zero-order valence-electron chi connectivity index (χ0n) is 11.9. The zero-order chi connectivity index (χ0) is 15.6. The Bertz CT molecular complexity index is 571. The molecule has 6 nitrogen and oxygen atoms in total. The fourth-order valence-corrected chi connectivity index (χ4v) is 2.48. The Morgan fingerprint density at radius 3 is 2.57 bits per heavy atom. The quantitative estimate of drug-likeness (QED) is 0.634. The summed E-state index contributed by atoms with van der Waals surface area (Å²) in [6.45, 7) is 1.31. The van der Waals surface area contributed by atoms with Crippen molar-refractivity contribution in [3.63, 3.8) is 0 Å². The van der Waals surface area contributed by atoms with Crippen LogP contribution in [0.5, 0.6) is 0 Å². The van der Waals surface area contributed by atoms with E-state index >= 15 is 0 Å². The summed E-state index contributed by atoms with van der Waals surface area (Å²) in [6.07, 6.45) is -1.51. The summed E-state index contributed by atoms with van der Waals surface area (Å²) in [5.41, 5.74) is -0.229. The first-order valence-electron chi connectivity index (χ1n) is 6.56. The number of methoxy groups -OCH3 is 1. The molecule has 1 aliphatic heterocycles. The highest BCUT2D eigenvalue weighted by Crippen LogP contribution is 2.36. The fraction of sp³-hybridized carbons (Fsp3) is 0.400. The number of hydrogen-bond acceptors (Lipinski definition) is 5. The van der Waals surface area contributed by atoms with Gasteiger partial charge in [-0.2, -0.15) is 0 Å². The van der Waals surface area contributed by atoms with Gasteiger partial charge in [0, 0.05) is 6.42 Å². The van der Waals surface area contributed by atoms with Crippen LogP contribution in [0.3, 0.4) is 0 Å². The first kappa shape index (κ1) is 15.2. The molecule has 1 heterocycles. The van der Waals surface area contributed by atoms with Crippen LogP contribution in [0.4, 0.5) is 0 Å². The Morgan fingerprint density at radius 2 is 2.00 bits per heavy atom. The maximum absolute atomic E-state index is 12.5. The van der Waals surface area contributed by atoms with Gasteiger partial charge in [0.05, 0.1) is 19.1 Å². The molecule has 6 heteroatoms. The molecule has 0 spiro atoms. The predicted molar refractivity (Wildman–Crippen MR) is 73.2 cm³/mol. The monoisotopic (exact) mass is 291 g/mol. The lowest BCUT2D eigenvalue weighted by Crippen LogP contribution is -2.43. The predicted octanol–water partition coefficient (Wildman–Crippen LogP) is 0.237. The molecule has 0 aromatic heterocycles. The van der Waals surface area contributed by atoms with Gasteiger partial charge in [-0.3, -0.25) is 14.5 Å². The number of imide groups is 1. The van der Waals surface area contributed by atoms with Gasteiger partial charge in [0.1, 0.15) is 0 Å². The summed E-state index contributed by atoms with van der Waals surface area (Å²) < 4.78 is 4.39. The van der Waals surface area contributed by atoms with Gasteiger partial charge in [0.25, 0.3) is 0 Å². The smallest absolute Gasteiger partial charge is 0.336 e. The Kier molecular flexibility index (Phi) is 4.09. The first-order valence-corrected chi connectivity index (χ1v) is 6.56. The van der Waals surface area contributed by atoms with Gasteiger partial charge >= 0.3 is 5.97 Å². The van der Waals surface area contributed by atoms with Crippen molar-refractivity contribution in [1.29, 1.82) is 0 Å². The third kappa shape index (κ3) is 2.67. The Morgan fingerprint density at radius 1 is 1.38 bits per heavy atom. The van der Waals surface area contributed by atoms with E-state index in [4.69, 9.17) is 0 Å². The highest BCUT2D eigenvalue weighted by Gasteiger charge is 2.49. The van der Waals surface area contributed by atoms with Gasteiger partial charge in [-0.1, -0.05) is 30.3 Å². The van der Waals surface area contributed by atoms with Crippen molar-refractivity contribution in [3.8, 4) is 0 Å². The number of amides is 2. The molecule has 0 saturated carbocycles. The summed E-state index contributed by atoms with van der Waals surface area (Å²) in [7, 11) is 1.13. The molecular formula is C15H17NO5. The van der Waals surface area contributed by atoms with Crippen LogP contribution >= 0.6 is 0 Å². The standard InChI is InChI=1S/C15H17NO5/c1-15(10-6-4-3-5-7-10)8-12(18)16(14(15)20)9-11(17)13(19)21-2/h3-7,11,17H,8-9H2,1-2H3. The number of likely N-dealkylation sites (tertiary alicyclic amines) is 1. The lowest BCUT2D eigenvalue weighted by molar-refractivity contribution is -0.153. The Hall–Kier alpha value is -2.21. The highest BCUT2D eigenvalue weighted by molar-refractivity contribution is 6.09. The normalized spacial score (nSPS) is 23.3. The van der Waals surface area contributed by atoms with Crippen LogP contribution in [-0.2, 0) is 24.5 Å². The minimum absolute atomic E-state index is 0.0176. The van der Waals surface area contributed by atoms with Crippen LogP contribution in [0, 0.1) is 0 Å². The number of carbonyl (C=O) groups excluding carboxylic acids is 3. The number of aliphatic hydroxyl groups is 1. The van der Waals surface area contributed by atoms with Gasteiger partial charge in [-0.25, -0.2) is 4.79 Å². The Balaban J connectivity index is 2.23. The van der Waals surface area contributed by atoms with E-state index in [0.29, 0.717) is 0 Å². The van der Waals surface area contributed by atoms with Crippen molar-refractivity contribution in [2.24, 2.45) is 0 Å². The molecule has 1 fully saturated rings. The fourth-order valence-electron chi connectivity index (χ4n) is 2.48. The van der Waals surface area contributed by atoms with Crippen LogP contribution in [0.2, 0.25) is 0 Å². The summed E-state index contributed by atoms with van der Waals surface area (Å²) in [6, 6.07) is 8.98. The van der Waals surface area contributed by atoms with Gasteiger partial charge < -0.3 is 9.84 Å². The molecule has 21 heavy (non-hydrogen) atoms. The third-order valence-electron chi connectivity index (χ3n) is 3.76. The lowest BCUT2D eigenvalue weighted by atomic mass is 9.81. The van der Waals surface area contributed by atoms with Crippen LogP contribution in [0.15, 0.2) is 30.3 Å². The Labute approximate surface area is 122 Å². The van der Waals surface area contributed by atoms with Gasteiger partial charge in [-0.15, -0.1) is 0 Å². The zero-order valence-corrected chi connectivity index (χ0v) is 11.9. The first-order chi connectivity index (χ1) is 9.90. The number of hydrogen-bond donors (Lipinski definition) is 1. The molecule has 2 atom stereocenters. The van der Waals surface area contributed by atoms with E-state index in [9.17, 15) is 19.5 Å². The van der Waals surface area contributed by atoms with E-state index in [1.165, 1.54) is 0 Å². The second-order valence-electron chi connectivity index (χ2n) is 5.22. The largest absolute Gasteiger partial charge is 0.467 e. The number of aliphatic hydroxyl groups excluding tert-OH is 1. The molecule has 112 valence electrons. The van der Waals surface area contributed by atoms with Crippen LogP contribution < -0.4 is 0 Å². The SMILES string of the molecule is COC(=O)C(O)CN1C(=O)CC(C)(c2ccccc2)C1=O. The molecule has 1 aromatic rings. The second-order valence-corrected chi connectivity index (χ2v) is 5.22. The molecule has 2 amide bonds. The van der Waals surface area contributed by atoms with Gasteiger partial charge in [-0.05, 0) is 12.5 Å². The van der Waals surface area contributed by atoms with Crippen molar-refractivity contribution in [3.05, 3.63) is 35.9 Å². The molecule has 2 rings (SSSR count). The van der Waals surface area contributed by atoms with E-state index in [0.717, 1.165) is 17.6 Å². The molecule has 2 unspecified atom stereocenters. The second kappa shape index (κ2) is 5.65. The number of ether oxygens (including phenoxy) is 1. The minimum atomic E-state index is -1.53. The topological polar surface area (TPSA) is 83.9 Å². The molecule has 1 N–H and O–H groups in total. The van der Waals surface area contributed by atoms with E-state index in [2.05, 4.69) is 4.74 Å². The summed E-state index contributed by atoms with van der Waals surface area (Å²) >= 11 is 0. The average molecular weight is 291 g/mol. The van der Waals surface area contributed by atoms with E-state index in [1.807, 2.05) is 6.07 Å². The van der Waals surface area contributed by atoms with Crippen molar-refractivity contribution in [2.45, 2.75) is 24.9 Å². The van der Waals surface area contributed by atoms with Crippen molar-refractivity contribution >= 4 is 17.8 Å². The molecule has 0 bridgehead atoms. The van der Waals surface area contributed by atoms with Crippen LogP contribution in [0.25, 0.3) is 0 Å². The summed E-state index contributed by atoms with van der Waals surface area (Å²) in [4.78, 5) is 36.7. The number of nitrogens with zero attached hydrogens (tertiary/aromatic N) is 1. The maximum atomic E-state index is 12.5. The number of rotatable bonds is 4. The molecular weight excluding hydrogens is 274 g/mol. The summed E-state index contributed by atoms with van der Waals surface area (Å²) in [5.74, 6) is -1.69. The van der Waals surface area contributed by atoms with Crippen molar-refractivity contribution < 1.29 is 24.2 Å². The molecule has 1 saturated heterocycles. The van der Waals surface area contributed by atoms with Crippen LogP contribution in [-0.4, -0.2) is 47.5 Å². The lowest BCUT2D eigenvalue weighted by Gasteiger charge is -2.23. The third-order valence-corrected chi connectivity index (χ3v) is 3.76. The minimum Gasteiger partial charge on any atom is -0.467 e. The average Bonchev–Trinajstić information content (AvgIpc) is 2.71. The molecule has 0 aliphatic carbocycles. The molecule has 0 radical (unpaired) electrons. The van der Waals surface area contributed by atoms with E-state index in [1.54, 1.807) is 31.2 Å². The number of benzene rings is 1. The van der Waals surface area contributed by atoms with Crippen molar-refractivity contribution in [1.82, 2.24) is 4.90 Å². The summed E-state index contributed by atoms with van der Waals surface area (Å²) in [5, 5.41) is 9.63. The molecule has 1 aromatic carbocycles. The number of β-amino-alcohol motifs (C(OH)–C–C–N with tert-alkyl or cyclic N) is 1. The van der Waals surface area contributed by atoms with Crippen LogP contribution in [0.1, 0.15) is 18.9 Å². The highest BCUT2D eigenvalue weighted by atomic mass is 16.5. The van der Waals surface area contributed by atoms with Gasteiger partial charge in [0.2, 0.25) is 11.8 Å². The number of esters is 1. The van der Waals surface area contributed by atoms with Gasteiger partial charge in [0.15, 0.2) is 6.10 Å². The molecule has 1 aliphatic rings. The number of carbonyl (C=O) groups is 3. The van der Waals surface area contributed by atoms with E-state index < -0.39 is 29.3 Å². The maximum Gasteiger partial charge on any atom is 0.336 e. The van der Waals surface area contributed by atoms with Crippen molar-refractivity contribution in [2.75, 3.05) is 13.7 Å².